The molecule has 0 radical (unpaired) electrons. The molecule has 3 aliphatic rings. The Morgan fingerprint density at radius 3 is 1.93 bits per heavy atom. The average Bonchev–Trinajstić information content (AvgIpc) is 3.00. The molecule has 7 atom stereocenters. The van der Waals surface area contributed by atoms with Crippen LogP contribution in [-0.4, -0.2) is 48.8 Å². The molecular formula is C35H40O6. The minimum absolute atomic E-state index is 0.0869. The van der Waals surface area contributed by atoms with Crippen molar-refractivity contribution in [2.45, 2.75) is 88.7 Å². The zero-order valence-electron chi connectivity index (χ0n) is 23.9. The third-order valence-electron chi connectivity index (χ3n) is 8.35. The van der Waals surface area contributed by atoms with Crippen LogP contribution in [0.25, 0.3) is 0 Å². The third kappa shape index (κ3) is 6.74. The second-order valence-electron chi connectivity index (χ2n) is 11.5. The van der Waals surface area contributed by atoms with Crippen molar-refractivity contribution in [3.63, 3.8) is 0 Å². The number of fused-ring (bicyclic) bond motifs is 2. The van der Waals surface area contributed by atoms with Crippen LogP contribution in [0.4, 0.5) is 0 Å². The normalized spacial score (nSPS) is 30.9. The van der Waals surface area contributed by atoms with Crippen molar-refractivity contribution in [3.8, 4) is 0 Å². The molecule has 0 unspecified atom stereocenters. The van der Waals surface area contributed by atoms with Crippen molar-refractivity contribution in [1.29, 1.82) is 0 Å². The second-order valence-corrected chi connectivity index (χ2v) is 11.5. The summed E-state index contributed by atoms with van der Waals surface area (Å²) in [6.07, 6.45) is 1.95. The predicted octanol–water partition coefficient (Wildman–Crippen LogP) is 6.38. The van der Waals surface area contributed by atoms with Gasteiger partial charge < -0.3 is 28.4 Å². The van der Waals surface area contributed by atoms with E-state index in [0.717, 1.165) is 35.3 Å². The van der Waals surface area contributed by atoms with E-state index in [9.17, 15) is 0 Å². The molecule has 2 saturated heterocycles. The smallest absolute Gasteiger partial charge is 0.130 e. The number of ether oxygens (including phenoxy) is 6. The van der Waals surface area contributed by atoms with Gasteiger partial charge in [0.25, 0.3) is 0 Å². The average molecular weight is 557 g/mol. The molecule has 6 nitrogen and oxygen atoms in total. The predicted molar refractivity (Wildman–Crippen MR) is 156 cm³/mol. The van der Waals surface area contributed by atoms with Gasteiger partial charge in [0.2, 0.25) is 0 Å². The minimum Gasteiger partial charge on any atom is -0.492 e. The maximum Gasteiger partial charge on any atom is 0.130 e. The maximum atomic E-state index is 6.90. The van der Waals surface area contributed by atoms with Gasteiger partial charge in [-0.05, 0) is 36.6 Å². The van der Waals surface area contributed by atoms with Crippen LogP contribution in [0.15, 0.2) is 103 Å². The van der Waals surface area contributed by atoms with Gasteiger partial charge in [-0.25, -0.2) is 0 Å². The Morgan fingerprint density at radius 1 is 0.756 bits per heavy atom. The summed E-state index contributed by atoms with van der Waals surface area (Å²) in [5, 5.41) is 0. The Hall–Kier alpha value is -3.00. The molecule has 3 aromatic rings. The lowest BCUT2D eigenvalue weighted by Crippen LogP contribution is -2.68. The molecule has 216 valence electrons. The number of allylic oxidation sites excluding steroid dienone is 1. The second kappa shape index (κ2) is 12.9. The van der Waals surface area contributed by atoms with Crippen LogP contribution >= 0.6 is 0 Å². The van der Waals surface area contributed by atoms with E-state index in [1.165, 1.54) is 0 Å². The molecule has 0 aliphatic carbocycles. The van der Waals surface area contributed by atoms with Crippen molar-refractivity contribution < 1.29 is 28.4 Å². The molecule has 0 bridgehead atoms. The van der Waals surface area contributed by atoms with Crippen LogP contribution in [0.2, 0.25) is 0 Å². The van der Waals surface area contributed by atoms with Gasteiger partial charge in [-0.2, -0.15) is 0 Å². The van der Waals surface area contributed by atoms with Gasteiger partial charge in [0.1, 0.15) is 36.1 Å². The molecule has 0 spiro atoms. The van der Waals surface area contributed by atoms with Gasteiger partial charge in [0, 0.05) is 12.8 Å². The number of benzene rings is 3. The molecule has 0 N–H and O–H groups in total. The van der Waals surface area contributed by atoms with Crippen LogP contribution < -0.4 is 0 Å². The van der Waals surface area contributed by atoms with E-state index in [-0.39, 0.29) is 30.5 Å². The zero-order valence-corrected chi connectivity index (χ0v) is 23.9. The highest BCUT2D eigenvalue weighted by atomic mass is 16.6. The fourth-order valence-corrected chi connectivity index (χ4v) is 6.07. The van der Waals surface area contributed by atoms with Gasteiger partial charge in [0.15, 0.2) is 0 Å². The summed E-state index contributed by atoms with van der Waals surface area (Å²) in [6, 6.07) is 30.7. The highest BCUT2D eigenvalue weighted by Gasteiger charge is 2.57. The molecule has 41 heavy (non-hydrogen) atoms. The molecule has 3 aliphatic heterocycles. The molecule has 3 aromatic carbocycles. The third-order valence-corrected chi connectivity index (χ3v) is 8.35. The Kier molecular flexibility index (Phi) is 8.84. The van der Waals surface area contributed by atoms with Crippen molar-refractivity contribution in [2.75, 3.05) is 6.61 Å². The van der Waals surface area contributed by atoms with Gasteiger partial charge in [-0.3, -0.25) is 0 Å². The lowest BCUT2D eigenvalue weighted by molar-refractivity contribution is -0.325. The molecule has 6 heteroatoms. The first-order valence-electron chi connectivity index (χ1n) is 14.7. The van der Waals surface area contributed by atoms with Gasteiger partial charge in [-0.1, -0.05) is 91.0 Å². The highest BCUT2D eigenvalue weighted by molar-refractivity contribution is 5.16. The van der Waals surface area contributed by atoms with E-state index >= 15 is 0 Å². The first kappa shape index (κ1) is 28.1. The van der Waals surface area contributed by atoms with Crippen LogP contribution in [0.1, 0.15) is 43.4 Å². The maximum absolute atomic E-state index is 6.90. The summed E-state index contributed by atoms with van der Waals surface area (Å²) < 4.78 is 39.6. The monoisotopic (exact) mass is 556 g/mol. The quantitative estimate of drug-likeness (QED) is 0.289. The fraction of sp³-hybridized carbons (Fsp3) is 0.429. The fourth-order valence-electron chi connectivity index (χ4n) is 6.07. The molecule has 2 fully saturated rings. The topological polar surface area (TPSA) is 55.4 Å². The van der Waals surface area contributed by atoms with Crippen molar-refractivity contribution >= 4 is 0 Å². The minimum atomic E-state index is -0.459. The summed E-state index contributed by atoms with van der Waals surface area (Å²) in [7, 11) is 0. The number of hydrogen-bond acceptors (Lipinski definition) is 6. The molecule has 0 amide bonds. The largest absolute Gasteiger partial charge is 0.492 e. The summed E-state index contributed by atoms with van der Waals surface area (Å²) >= 11 is 0. The molecule has 0 saturated carbocycles. The van der Waals surface area contributed by atoms with Crippen LogP contribution in [-0.2, 0) is 48.2 Å². The van der Waals surface area contributed by atoms with Crippen LogP contribution in [0.3, 0.4) is 0 Å². The first-order valence-corrected chi connectivity index (χ1v) is 14.7. The van der Waals surface area contributed by atoms with E-state index in [4.69, 9.17) is 28.4 Å². The van der Waals surface area contributed by atoms with Crippen LogP contribution in [0, 0.1) is 0 Å². The summed E-state index contributed by atoms with van der Waals surface area (Å²) in [6.45, 7) is 5.92. The standard InChI is InChI=1S/C35H40O6/c1-25-18-19-35(2)31(39-25)20-29-33(41-35)34(38-23-28-16-10-5-11-17-28)32(37-22-27-14-8-4-9-15-27)30(40-29)24-36-21-26-12-6-3-7-13-26/h3-18,29-34H,19-24H2,1-2H3/t29-,30+,31+,32+,33-,34-,35-/m0/s1. The molecule has 0 aromatic heterocycles. The van der Waals surface area contributed by atoms with Crippen molar-refractivity contribution in [3.05, 3.63) is 120 Å². The number of rotatable bonds is 10. The van der Waals surface area contributed by atoms with Crippen molar-refractivity contribution in [1.82, 2.24) is 0 Å². The summed E-state index contributed by atoms with van der Waals surface area (Å²) in [5.74, 6) is 0.939. The Labute approximate surface area is 243 Å². The van der Waals surface area contributed by atoms with Gasteiger partial charge in [-0.15, -0.1) is 0 Å². The molecule has 3 heterocycles. The SMILES string of the molecule is CC1=CC[C@]2(C)O[C@@H]3[C@@H](OCc4ccccc4)[C@H](OCc4ccccc4)[C@@H](COCc4ccccc4)O[C@H]3C[C@H]2O1. The molecular weight excluding hydrogens is 516 g/mol. The van der Waals surface area contributed by atoms with E-state index in [1.54, 1.807) is 0 Å². The zero-order chi connectivity index (χ0) is 28.1. The van der Waals surface area contributed by atoms with E-state index in [0.29, 0.717) is 26.4 Å². The highest BCUT2D eigenvalue weighted by Crippen LogP contribution is 2.44. The first-order chi connectivity index (χ1) is 20.1. The summed E-state index contributed by atoms with van der Waals surface area (Å²) in [5.41, 5.74) is 2.86. The van der Waals surface area contributed by atoms with E-state index in [2.05, 4.69) is 49.4 Å². The van der Waals surface area contributed by atoms with Crippen LogP contribution in [0.5, 0.6) is 0 Å². The Balaban J connectivity index is 1.27. The van der Waals surface area contributed by atoms with E-state index in [1.807, 2.05) is 61.5 Å². The van der Waals surface area contributed by atoms with E-state index < -0.39 is 11.7 Å². The number of hydrogen-bond donors (Lipinski definition) is 0. The molecule has 6 rings (SSSR count). The Morgan fingerprint density at radius 2 is 1.32 bits per heavy atom. The lowest BCUT2D eigenvalue weighted by Gasteiger charge is -2.55. The summed E-state index contributed by atoms with van der Waals surface area (Å²) in [4.78, 5) is 0. The Bertz CT molecular complexity index is 1270. The van der Waals surface area contributed by atoms with Gasteiger partial charge >= 0.3 is 0 Å². The van der Waals surface area contributed by atoms with Gasteiger partial charge in [0.05, 0.1) is 38.3 Å². The lowest BCUT2D eigenvalue weighted by atomic mass is 9.80. The van der Waals surface area contributed by atoms with Crippen molar-refractivity contribution in [2.24, 2.45) is 0 Å².